The summed E-state index contributed by atoms with van der Waals surface area (Å²) in [5.41, 5.74) is 2.92. The first kappa shape index (κ1) is 21.9. The van der Waals surface area contributed by atoms with Crippen molar-refractivity contribution in [2.45, 2.75) is 84.2 Å². The van der Waals surface area contributed by atoms with E-state index in [2.05, 4.69) is 69.1 Å². The van der Waals surface area contributed by atoms with Crippen molar-refractivity contribution in [2.75, 3.05) is 42.3 Å². The number of allylic oxidation sites excluding steroid dienone is 1. The molecule has 0 saturated heterocycles. The summed E-state index contributed by atoms with van der Waals surface area (Å²) in [7, 11) is 14.4. The van der Waals surface area contributed by atoms with E-state index in [1.165, 1.54) is 51.4 Å². The highest BCUT2D eigenvalue weighted by molar-refractivity contribution is 5.25. The Kier molecular flexibility index (Phi) is 5.15. The highest BCUT2D eigenvalue weighted by Crippen LogP contribution is 2.67. The maximum atomic E-state index is 2.76. The Balaban J connectivity index is 1.59. The van der Waals surface area contributed by atoms with Crippen LogP contribution in [0.5, 0.6) is 0 Å². The van der Waals surface area contributed by atoms with Crippen molar-refractivity contribution >= 4 is 0 Å². The minimum absolute atomic E-state index is 0.500. The number of fused-ring (bicyclic) bond motifs is 5. The highest BCUT2D eigenvalue weighted by Gasteiger charge is 2.60. The van der Waals surface area contributed by atoms with Crippen molar-refractivity contribution in [1.82, 2.24) is 0 Å². The summed E-state index contributed by atoms with van der Waals surface area (Å²) in [5.74, 6) is 3.77. The normalized spacial score (nSPS) is 46.4. The molecule has 2 unspecified atom stereocenters. The summed E-state index contributed by atoms with van der Waals surface area (Å²) in [6, 6.07) is 1.59. The lowest BCUT2D eigenvalue weighted by molar-refractivity contribution is -0.899. The summed E-state index contributed by atoms with van der Waals surface area (Å²) in [6.07, 6.45) is 14.3. The maximum Gasteiger partial charge on any atom is 0.0922 e. The summed E-state index contributed by atoms with van der Waals surface area (Å²) in [5, 5.41) is 0. The molecule has 0 spiro atoms. The molecule has 3 saturated carbocycles. The largest absolute Gasteiger partial charge is 0.328 e. The van der Waals surface area contributed by atoms with Gasteiger partial charge in [0.15, 0.2) is 0 Å². The fourth-order valence-electron chi connectivity index (χ4n) is 8.68. The van der Waals surface area contributed by atoms with Crippen LogP contribution in [-0.4, -0.2) is 63.3 Å². The smallest absolute Gasteiger partial charge is 0.0922 e. The Labute approximate surface area is 181 Å². The van der Waals surface area contributed by atoms with Crippen LogP contribution in [0.1, 0.15) is 72.1 Å². The second kappa shape index (κ2) is 6.83. The van der Waals surface area contributed by atoms with Gasteiger partial charge < -0.3 is 8.97 Å². The molecule has 0 aromatic carbocycles. The number of hydrogen-bond donors (Lipinski definition) is 0. The van der Waals surface area contributed by atoms with Gasteiger partial charge in [0.25, 0.3) is 0 Å². The van der Waals surface area contributed by atoms with E-state index in [1.54, 1.807) is 0 Å². The van der Waals surface area contributed by atoms with Crippen molar-refractivity contribution in [3.63, 3.8) is 0 Å². The highest BCUT2D eigenvalue weighted by atomic mass is 15.3. The molecule has 4 rings (SSSR count). The van der Waals surface area contributed by atoms with E-state index in [4.69, 9.17) is 0 Å². The van der Waals surface area contributed by atoms with Gasteiger partial charge in [0.2, 0.25) is 0 Å². The lowest BCUT2D eigenvalue weighted by Gasteiger charge is -2.59. The summed E-state index contributed by atoms with van der Waals surface area (Å²) < 4.78 is 2.25. The molecule has 8 atom stereocenters. The van der Waals surface area contributed by atoms with Crippen molar-refractivity contribution in [3.8, 4) is 0 Å². The van der Waals surface area contributed by atoms with E-state index in [-0.39, 0.29) is 0 Å². The monoisotopic (exact) mass is 402 g/mol. The van der Waals surface area contributed by atoms with Gasteiger partial charge in [0.05, 0.1) is 54.4 Å². The molecular formula is C27H50N2+2. The molecule has 2 heteroatoms. The first-order valence-corrected chi connectivity index (χ1v) is 12.6. The van der Waals surface area contributed by atoms with Crippen molar-refractivity contribution in [1.29, 1.82) is 0 Å². The maximum absolute atomic E-state index is 2.76. The molecule has 0 heterocycles. The zero-order chi connectivity index (χ0) is 21.4. The van der Waals surface area contributed by atoms with Crippen LogP contribution >= 0.6 is 0 Å². The minimum atomic E-state index is 0.500. The molecule has 4 aliphatic carbocycles. The van der Waals surface area contributed by atoms with E-state index in [0.29, 0.717) is 10.8 Å². The van der Waals surface area contributed by atoms with Gasteiger partial charge in [-0.05, 0) is 74.0 Å². The number of hydrogen-bond acceptors (Lipinski definition) is 0. The minimum Gasteiger partial charge on any atom is -0.328 e. The van der Waals surface area contributed by atoms with Crippen LogP contribution in [-0.2, 0) is 0 Å². The summed E-state index contributed by atoms with van der Waals surface area (Å²) in [4.78, 5) is 0. The number of nitrogens with zero attached hydrogens (tertiary/aromatic N) is 2. The van der Waals surface area contributed by atoms with E-state index in [9.17, 15) is 0 Å². The van der Waals surface area contributed by atoms with E-state index in [0.717, 1.165) is 44.7 Å². The van der Waals surface area contributed by atoms with Gasteiger partial charge in [-0.1, -0.05) is 25.5 Å². The zero-order valence-corrected chi connectivity index (χ0v) is 21.1. The van der Waals surface area contributed by atoms with Crippen LogP contribution in [0.25, 0.3) is 0 Å². The Morgan fingerprint density at radius 3 is 2.21 bits per heavy atom. The van der Waals surface area contributed by atoms with Gasteiger partial charge in [-0.25, -0.2) is 0 Å². The second-order valence-electron chi connectivity index (χ2n) is 13.9. The first-order valence-electron chi connectivity index (χ1n) is 12.6. The van der Waals surface area contributed by atoms with Crippen LogP contribution in [0.4, 0.5) is 0 Å². The van der Waals surface area contributed by atoms with Crippen molar-refractivity contribution in [3.05, 3.63) is 11.6 Å². The summed E-state index contributed by atoms with van der Waals surface area (Å²) in [6.45, 7) is 7.91. The Morgan fingerprint density at radius 2 is 1.59 bits per heavy atom. The Bertz CT molecular complexity index is 665. The average molecular weight is 403 g/mol. The third-order valence-corrected chi connectivity index (χ3v) is 11.1. The quantitative estimate of drug-likeness (QED) is 0.417. The van der Waals surface area contributed by atoms with Gasteiger partial charge in [-0.3, -0.25) is 0 Å². The van der Waals surface area contributed by atoms with Crippen LogP contribution in [0.2, 0.25) is 0 Å². The van der Waals surface area contributed by atoms with Crippen LogP contribution in [0.15, 0.2) is 11.6 Å². The van der Waals surface area contributed by atoms with Crippen molar-refractivity contribution in [2.24, 2.45) is 34.5 Å². The fourth-order valence-corrected chi connectivity index (χ4v) is 8.68. The van der Waals surface area contributed by atoms with E-state index < -0.39 is 0 Å². The summed E-state index contributed by atoms with van der Waals surface area (Å²) >= 11 is 0. The lowest BCUT2D eigenvalue weighted by atomic mass is 9.47. The van der Waals surface area contributed by atoms with Gasteiger partial charge in [0.1, 0.15) is 0 Å². The lowest BCUT2D eigenvalue weighted by Crippen LogP contribution is -2.56. The molecule has 0 aromatic heterocycles. The van der Waals surface area contributed by atoms with Gasteiger partial charge >= 0.3 is 0 Å². The molecule has 0 radical (unpaired) electrons. The molecule has 2 nitrogen and oxygen atoms in total. The topological polar surface area (TPSA) is 0 Å². The van der Waals surface area contributed by atoms with Gasteiger partial charge in [-0.2, -0.15) is 0 Å². The molecule has 0 amide bonds. The van der Waals surface area contributed by atoms with Gasteiger partial charge in [-0.15, -0.1) is 0 Å². The van der Waals surface area contributed by atoms with Crippen LogP contribution in [0, 0.1) is 34.5 Å². The van der Waals surface area contributed by atoms with Crippen LogP contribution in [0.3, 0.4) is 0 Å². The molecule has 0 aliphatic heterocycles. The fraction of sp³-hybridized carbons (Fsp3) is 0.926. The predicted octanol–water partition coefficient (Wildman–Crippen LogP) is 5.73. The molecule has 4 aliphatic rings. The molecular weight excluding hydrogens is 352 g/mol. The Hall–Kier alpha value is -0.340. The number of quaternary nitrogens is 2. The molecule has 3 fully saturated rings. The standard InChI is InChI=1S/C27H50N2/c1-19(28(4,5)6)23-12-13-24-22-11-10-20-18-21(29(7,8)9)14-16-26(20,2)25(22)15-17-27(23,24)3/h10,19,21-25H,11-18H2,1-9H3/q+2/t19?,21?,22-,23+,24-,25-,26-,27+/m0/s1. The molecule has 0 aromatic rings. The first-order chi connectivity index (χ1) is 13.3. The van der Waals surface area contributed by atoms with Crippen molar-refractivity contribution < 1.29 is 8.97 Å². The van der Waals surface area contributed by atoms with Crippen LogP contribution < -0.4 is 0 Å². The van der Waals surface area contributed by atoms with E-state index in [1.807, 2.05) is 5.57 Å². The SMILES string of the molecule is CC([C@H]1CC[C@H]2[C@@H]3CC=C4CC([N+](C)(C)C)CC[C@]4(C)[C@H]3CC[C@]12C)[N+](C)(C)C. The molecule has 0 N–H and O–H groups in total. The van der Waals surface area contributed by atoms with E-state index >= 15 is 0 Å². The zero-order valence-electron chi connectivity index (χ0n) is 21.1. The Morgan fingerprint density at radius 1 is 0.897 bits per heavy atom. The second-order valence-corrected chi connectivity index (χ2v) is 13.9. The predicted molar refractivity (Wildman–Crippen MR) is 125 cm³/mol. The van der Waals surface area contributed by atoms with Gasteiger partial charge in [0, 0.05) is 18.8 Å². The third kappa shape index (κ3) is 3.36. The third-order valence-electron chi connectivity index (χ3n) is 11.1. The molecule has 166 valence electrons. The molecule has 29 heavy (non-hydrogen) atoms. The number of rotatable bonds is 3. The molecule has 0 bridgehead atoms. The average Bonchev–Trinajstić information content (AvgIpc) is 2.95.